The molecule has 43 heavy (non-hydrogen) atoms. The fraction of sp³-hybridized carbons (Fsp3) is 0.353. The van der Waals surface area contributed by atoms with Gasteiger partial charge in [0.15, 0.2) is 8.32 Å². The monoisotopic (exact) mass is 601 g/mol. The molecule has 0 aliphatic carbocycles. The van der Waals surface area contributed by atoms with Crippen LogP contribution in [0.1, 0.15) is 50.5 Å². The molecule has 4 aromatic rings. The van der Waals surface area contributed by atoms with Crippen LogP contribution < -0.4 is 16.0 Å². The first kappa shape index (κ1) is 31.8. The highest BCUT2D eigenvalue weighted by Gasteiger charge is 2.41. The average Bonchev–Trinajstić information content (AvgIpc) is 2.93. The van der Waals surface area contributed by atoms with Crippen LogP contribution in [-0.2, 0) is 17.5 Å². The zero-order valence-corrected chi connectivity index (χ0v) is 26.9. The summed E-state index contributed by atoms with van der Waals surface area (Å²) in [6.07, 6.45) is -1.11. The van der Waals surface area contributed by atoms with E-state index in [1.807, 2.05) is 73.7 Å². The van der Waals surface area contributed by atoms with Gasteiger partial charge < -0.3 is 29.9 Å². The number of hydrogen-bond acceptors (Lipinski definition) is 5. The Labute approximate surface area is 254 Å². The molecule has 3 aromatic carbocycles. The van der Waals surface area contributed by atoms with Gasteiger partial charge in [0.2, 0.25) is 5.56 Å². The number of H-pyrrole nitrogens is 1. The lowest BCUT2D eigenvalue weighted by atomic mass is 10.0. The van der Waals surface area contributed by atoms with Crippen molar-refractivity contribution >= 4 is 31.0 Å². The molecule has 1 amide bonds. The molecule has 9 heteroatoms. The van der Waals surface area contributed by atoms with Crippen molar-refractivity contribution in [2.45, 2.75) is 71.0 Å². The Morgan fingerprint density at radius 1 is 1.00 bits per heavy atom. The number of nitrogens with zero attached hydrogens (tertiary/aromatic N) is 1. The molecule has 1 unspecified atom stereocenters. The van der Waals surface area contributed by atoms with Crippen LogP contribution in [0.3, 0.4) is 0 Å². The van der Waals surface area contributed by atoms with E-state index in [1.165, 1.54) is 11.0 Å². The van der Waals surface area contributed by atoms with Crippen LogP contribution in [0.4, 0.5) is 10.5 Å². The minimum atomic E-state index is -2.38. The maximum Gasteiger partial charge on any atom is 0.407 e. The van der Waals surface area contributed by atoms with Crippen LogP contribution in [0, 0.1) is 0 Å². The minimum Gasteiger partial charge on any atom is -0.487 e. The highest BCUT2D eigenvalue weighted by Crippen LogP contribution is 2.42. The summed E-state index contributed by atoms with van der Waals surface area (Å²) >= 11 is 0. The molecule has 0 bridgehead atoms. The predicted molar refractivity (Wildman–Crippen MR) is 175 cm³/mol. The third-order valence-electron chi connectivity index (χ3n) is 8.34. The molecule has 0 saturated heterocycles. The highest BCUT2D eigenvalue weighted by atomic mass is 28.4. The lowest BCUT2D eigenvalue weighted by molar-refractivity contribution is 0.0848. The van der Waals surface area contributed by atoms with E-state index < -0.39 is 20.5 Å². The van der Waals surface area contributed by atoms with Gasteiger partial charge >= 0.3 is 6.09 Å². The van der Waals surface area contributed by atoms with Crippen LogP contribution in [-0.4, -0.2) is 42.0 Å². The lowest BCUT2D eigenvalue weighted by Crippen LogP contribution is -2.47. The van der Waals surface area contributed by atoms with Gasteiger partial charge in [-0.05, 0) is 72.4 Å². The second-order valence-corrected chi connectivity index (χ2v) is 17.4. The fourth-order valence-corrected chi connectivity index (χ4v) is 6.18. The number of aromatic amines is 1. The molecule has 0 radical (unpaired) electrons. The summed E-state index contributed by atoms with van der Waals surface area (Å²) in [6.45, 7) is 13.1. The Balaban J connectivity index is 1.75. The second-order valence-electron chi connectivity index (χ2n) is 12.6. The Bertz CT molecular complexity index is 1610. The van der Waals surface area contributed by atoms with Gasteiger partial charge in [0.25, 0.3) is 0 Å². The summed E-state index contributed by atoms with van der Waals surface area (Å²) in [5.41, 5.74) is 9.69. The maximum atomic E-state index is 12.7. The number of carbonyl (C=O) groups is 1. The summed E-state index contributed by atoms with van der Waals surface area (Å²) in [6, 6.07) is 24.0. The van der Waals surface area contributed by atoms with Crippen molar-refractivity contribution in [2.75, 3.05) is 12.3 Å². The molecule has 1 aromatic heterocycles. The second kappa shape index (κ2) is 13.1. The summed E-state index contributed by atoms with van der Waals surface area (Å²) in [5.74, 6) is 0.538. The number of nitrogens with one attached hydrogen (secondary N) is 1. The van der Waals surface area contributed by atoms with Crippen molar-refractivity contribution < 1.29 is 19.1 Å². The summed E-state index contributed by atoms with van der Waals surface area (Å²) in [5, 5.41) is 11.0. The molecule has 0 spiro atoms. The number of aromatic nitrogens is 1. The summed E-state index contributed by atoms with van der Waals surface area (Å²) in [7, 11) is -2.38. The van der Waals surface area contributed by atoms with E-state index in [-0.39, 0.29) is 23.2 Å². The number of ether oxygens (including phenoxy) is 1. The third kappa shape index (κ3) is 7.85. The number of hydrogen-bond donors (Lipinski definition) is 3. The summed E-state index contributed by atoms with van der Waals surface area (Å²) in [4.78, 5) is 29.6. The zero-order chi connectivity index (χ0) is 31.4. The topological polar surface area (TPSA) is 118 Å². The van der Waals surface area contributed by atoms with Gasteiger partial charge in [0.1, 0.15) is 12.4 Å². The number of pyridine rings is 1. The first-order valence-electron chi connectivity index (χ1n) is 14.6. The van der Waals surface area contributed by atoms with Crippen LogP contribution >= 0.6 is 0 Å². The number of anilines is 1. The van der Waals surface area contributed by atoms with Crippen LogP contribution in [0.15, 0.2) is 83.7 Å². The normalized spacial score (nSPS) is 13.4. The van der Waals surface area contributed by atoms with Gasteiger partial charge in [0.05, 0.1) is 18.2 Å². The molecule has 0 saturated carbocycles. The number of carboxylic acid groups (broad SMARTS) is 1. The number of nitrogen functional groups attached to an aromatic ring is 1. The van der Waals surface area contributed by atoms with E-state index in [2.05, 4.69) is 38.8 Å². The number of amides is 1. The molecule has 1 heterocycles. The van der Waals surface area contributed by atoms with Crippen LogP contribution in [0.25, 0.3) is 10.9 Å². The van der Waals surface area contributed by atoms with Crippen LogP contribution in [0.2, 0.25) is 18.1 Å². The van der Waals surface area contributed by atoms with E-state index in [9.17, 15) is 14.7 Å². The first-order chi connectivity index (χ1) is 20.2. The maximum absolute atomic E-state index is 12.7. The van der Waals surface area contributed by atoms with Gasteiger partial charge in [-0.25, -0.2) is 4.79 Å². The Kier molecular flexibility index (Phi) is 9.67. The number of fused-ring (bicyclic) bond motifs is 1. The van der Waals surface area contributed by atoms with Gasteiger partial charge in [-0.2, -0.15) is 0 Å². The van der Waals surface area contributed by atoms with Crippen molar-refractivity contribution in [3.8, 4) is 5.75 Å². The third-order valence-corrected chi connectivity index (χ3v) is 12.8. The fourth-order valence-electron chi connectivity index (χ4n) is 4.91. The van der Waals surface area contributed by atoms with Gasteiger partial charge in [-0.15, -0.1) is 0 Å². The number of benzene rings is 3. The Hall–Kier alpha value is -4.08. The van der Waals surface area contributed by atoms with Gasteiger partial charge in [-0.1, -0.05) is 69.3 Å². The Morgan fingerprint density at radius 3 is 2.35 bits per heavy atom. The van der Waals surface area contributed by atoms with Crippen molar-refractivity contribution in [3.05, 3.63) is 106 Å². The SMILES string of the molecule is CC(Cc1cccc(N)c1)N(C[C@H](O[Si](C)(C)C(C)(C)C)c1ccc(OCc2ccccc2)c2[nH]c(=O)ccc12)C(=O)O. The van der Waals surface area contributed by atoms with Crippen molar-refractivity contribution in [2.24, 2.45) is 0 Å². The number of rotatable bonds is 11. The average molecular weight is 602 g/mol. The van der Waals surface area contributed by atoms with E-state index in [4.69, 9.17) is 14.9 Å². The van der Waals surface area contributed by atoms with Gasteiger partial charge in [0, 0.05) is 23.2 Å². The zero-order valence-electron chi connectivity index (χ0n) is 25.9. The van der Waals surface area contributed by atoms with E-state index in [0.29, 0.717) is 30.0 Å². The number of nitrogens with two attached hydrogens (primary N) is 1. The molecule has 4 rings (SSSR count). The highest BCUT2D eigenvalue weighted by molar-refractivity contribution is 6.74. The molecule has 228 valence electrons. The van der Waals surface area contributed by atoms with Crippen molar-refractivity contribution in [1.29, 1.82) is 0 Å². The molecule has 0 aliphatic rings. The predicted octanol–water partition coefficient (Wildman–Crippen LogP) is 7.36. The first-order valence-corrected chi connectivity index (χ1v) is 17.5. The molecule has 2 atom stereocenters. The Morgan fingerprint density at radius 2 is 1.70 bits per heavy atom. The summed E-state index contributed by atoms with van der Waals surface area (Å²) < 4.78 is 13.1. The van der Waals surface area contributed by atoms with E-state index in [0.717, 1.165) is 22.1 Å². The van der Waals surface area contributed by atoms with Crippen LogP contribution in [0.5, 0.6) is 5.75 Å². The van der Waals surface area contributed by atoms with E-state index >= 15 is 0 Å². The molecule has 4 N–H and O–H groups in total. The molecule has 0 fully saturated rings. The minimum absolute atomic E-state index is 0.115. The quantitative estimate of drug-likeness (QED) is 0.122. The van der Waals surface area contributed by atoms with E-state index in [1.54, 1.807) is 6.07 Å². The van der Waals surface area contributed by atoms with Gasteiger partial charge in [-0.3, -0.25) is 4.79 Å². The molecule has 0 aliphatic heterocycles. The largest absolute Gasteiger partial charge is 0.487 e. The molecular formula is C34H43N3O5Si. The smallest absolute Gasteiger partial charge is 0.407 e. The molecular weight excluding hydrogens is 558 g/mol. The van der Waals surface area contributed by atoms with Crippen molar-refractivity contribution in [3.63, 3.8) is 0 Å². The standard InChI is InChI=1S/C34H43N3O5Si/c1-23(19-25-13-10-14-26(35)20-25)37(33(39)40)21-30(42-43(5,6)34(2,3)4)27-15-17-29(32-28(27)16-18-31(38)36-32)41-22-24-11-8-7-9-12-24/h7-18,20,23,30H,19,21-22,35H2,1-6H3,(H,36,38)(H,39,40)/t23?,30-/m0/s1. The van der Waals surface area contributed by atoms with Crippen molar-refractivity contribution in [1.82, 2.24) is 9.88 Å². The lowest BCUT2D eigenvalue weighted by Gasteiger charge is -2.41. The molecule has 8 nitrogen and oxygen atoms in total.